The highest BCUT2D eigenvalue weighted by molar-refractivity contribution is 5.81. The number of aromatic amines is 1. The Labute approximate surface area is 69.5 Å². The number of nitrogens with one attached hydrogen (secondary N) is 2. The molecule has 0 aliphatic heterocycles. The molecule has 0 saturated carbocycles. The van der Waals surface area contributed by atoms with Crippen molar-refractivity contribution in [2.45, 2.75) is 0 Å². The van der Waals surface area contributed by atoms with Crippen molar-refractivity contribution in [3.63, 3.8) is 0 Å². The Kier molecular flexibility index (Phi) is 1.68. The van der Waals surface area contributed by atoms with E-state index in [9.17, 15) is 0 Å². The number of hydrogen-bond acceptors (Lipinski definition) is 3. The predicted molar refractivity (Wildman–Crippen MR) is 46.7 cm³/mol. The summed E-state index contributed by atoms with van der Waals surface area (Å²) in [7, 11) is 1.58. The molecule has 2 rings (SSSR count). The molecule has 0 fully saturated rings. The minimum atomic E-state index is 0.911. The van der Waals surface area contributed by atoms with Crippen molar-refractivity contribution >= 4 is 16.6 Å². The molecule has 2 aromatic rings. The topological polar surface area (TPSA) is 49.9 Å². The lowest BCUT2D eigenvalue weighted by atomic mass is 10.2. The van der Waals surface area contributed by atoms with Gasteiger partial charge in [0.2, 0.25) is 0 Å². The van der Waals surface area contributed by atoms with Crippen LogP contribution in [0.15, 0.2) is 24.4 Å². The summed E-state index contributed by atoms with van der Waals surface area (Å²) in [5.74, 6) is 0. The van der Waals surface area contributed by atoms with Crippen LogP contribution in [0.1, 0.15) is 0 Å². The Balaban J connectivity index is 2.46. The Morgan fingerprint density at radius 1 is 1.50 bits per heavy atom. The van der Waals surface area contributed by atoms with Crippen LogP contribution < -0.4 is 5.48 Å². The highest BCUT2D eigenvalue weighted by Crippen LogP contribution is 2.15. The van der Waals surface area contributed by atoms with E-state index in [1.807, 2.05) is 18.2 Å². The van der Waals surface area contributed by atoms with Gasteiger partial charge in [0.05, 0.1) is 24.5 Å². The molecule has 0 atom stereocenters. The molecule has 0 saturated heterocycles. The number of H-pyrrole nitrogens is 1. The van der Waals surface area contributed by atoms with Crippen LogP contribution in [0.5, 0.6) is 0 Å². The number of benzene rings is 1. The van der Waals surface area contributed by atoms with Gasteiger partial charge in [0.25, 0.3) is 0 Å². The molecule has 1 aromatic carbocycles. The lowest BCUT2D eigenvalue weighted by molar-refractivity contribution is 0.271. The zero-order chi connectivity index (χ0) is 8.39. The number of anilines is 1. The summed E-state index contributed by atoms with van der Waals surface area (Å²) >= 11 is 0. The normalized spacial score (nSPS) is 10.4. The van der Waals surface area contributed by atoms with E-state index in [-0.39, 0.29) is 0 Å². The van der Waals surface area contributed by atoms with Crippen molar-refractivity contribution in [1.82, 2.24) is 10.2 Å². The Bertz CT molecular complexity index is 382. The van der Waals surface area contributed by atoms with Crippen LogP contribution in [0, 0.1) is 0 Å². The molecule has 4 nitrogen and oxygen atoms in total. The summed E-state index contributed by atoms with van der Waals surface area (Å²) < 4.78 is 0. The summed E-state index contributed by atoms with van der Waals surface area (Å²) in [5.41, 5.74) is 4.65. The number of nitrogens with zero attached hydrogens (tertiary/aromatic N) is 1. The number of rotatable bonds is 2. The Morgan fingerprint density at radius 2 is 2.42 bits per heavy atom. The van der Waals surface area contributed by atoms with Gasteiger partial charge in [-0.1, -0.05) is 0 Å². The van der Waals surface area contributed by atoms with E-state index < -0.39 is 0 Å². The van der Waals surface area contributed by atoms with Crippen molar-refractivity contribution in [3.05, 3.63) is 24.4 Å². The van der Waals surface area contributed by atoms with E-state index in [2.05, 4.69) is 15.7 Å². The second kappa shape index (κ2) is 2.83. The predicted octanol–water partition coefficient (Wildman–Crippen LogP) is 1.54. The van der Waals surface area contributed by atoms with Gasteiger partial charge >= 0.3 is 0 Å². The Hall–Kier alpha value is -1.55. The molecular weight excluding hydrogens is 154 g/mol. The van der Waals surface area contributed by atoms with Crippen molar-refractivity contribution in [3.8, 4) is 0 Å². The van der Waals surface area contributed by atoms with Crippen LogP contribution in [0.3, 0.4) is 0 Å². The fourth-order valence-corrected chi connectivity index (χ4v) is 1.12. The van der Waals surface area contributed by atoms with E-state index in [0.29, 0.717) is 0 Å². The van der Waals surface area contributed by atoms with Crippen LogP contribution in [0.2, 0.25) is 0 Å². The highest BCUT2D eigenvalue weighted by atomic mass is 16.6. The zero-order valence-electron chi connectivity index (χ0n) is 6.66. The standard InChI is InChI=1S/C8H9N3O/c1-12-11-7-3-2-6-5-9-10-8(6)4-7/h2-5,11H,1H3,(H,9,10). The molecule has 0 spiro atoms. The quantitative estimate of drug-likeness (QED) is 0.660. The lowest BCUT2D eigenvalue weighted by Gasteiger charge is -2.01. The van der Waals surface area contributed by atoms with E-state index >= 15 is 0 Å². The first-order chi connectivity index (χ1) is 5.90. The largest absolute Gasteiger partial charge is 0.279 e. The SMILES string of the molecule is CONc1ccc2cn[nH]c2c1. The molecule has 12 heavy (non-hydrogen) atoms. The highest BCUT2D eigenvalue weighted by Gasteiger charge is 1.95. The van der Waals surface area contributed by atoms with Gasteiger partial charge in [-0.05, 0) is 18.2 Å². The van der Waals surface area contributed by atoms with Gasteiger partial charge < -0.3 is 0 Å². The van der Waals surface area contributed by atoms with Crippen LogP contribution in [-0.2, 0) is 4.84 Å². The number of fused-ring (bicyclic) bond motifs is 1. The van der Waals surface area contributed by atoms with Gasteiger partial charge in [-0.3, -0.25) is 15.4 Å². The van der Waals surface area contributed by atoms with E-state index in [0.717, 1.165) is 16.6 Å². The Morgan fingerprint density at radius 3 is 3.25 bits per heavy atom. The van der Waals surface area contributed by atoms with Gasteiger partial charge in [0, 0.05) is 5.39 Å². The van der Waals surface area contributed by atoms with Crippen LogP contribution in [0.4, 0.5) is 5.69 Å². The monoisotopic (exact) mass is 163 g/mol. The molecule has 0 unspecified atom stereocenters. The average Bonchev–Trinajstić information content (AvgIpc) is 2.51. The molecule has 0 amide bonds. The van der Waals surface area contributed by atoms with Crippen LogP contribution >= 0.6 is 0 Å². The first-order valence-electron chi connectivity index (χ1n) is 3.62. The van der Waals surface area contributed by atoms with E-state index in [1.165, 1.54) is 0 Å². The van der Waals surface area contributed by atoms with E-state index in [4.69, 9.17) is 4.84 Å². The first-order valence-corrected chi connectivity index (χ1v) is 3.62. The van der Waals surface area contributed by atoms with Crippen molar-refractivity contribution in [1.29, 1.82) is 0 Å². The molecular formula is C8H9N3O. The van der Waals surface area contributed by atoms with Crippen LogP contribution in [0.25, 0.3) is 10.9 Å². The minimum absolute atomic E-state index is 0.911. The van der Waals surface area contributed by atoms with E-state index in [1.54, 1.807) is 13.3 Å². The lowest BCUT2D eigenvalue weighted by Crippen LogP contribution is -1.94. The minimum Gasteiger partial charge on any atom is -0.279 e. The molecule has 1 heterocycles. The van der Waals surface area contributed by atoms with Crippen molar-refractivity contribution in [2.75, 3.05) is 12.6 Å². The third-order valence-electron chi connectivity index (χ3n) is 1.66. The number of aromatic nitrogens is 2. The fourth-order valence-electron chi connectivity index (χ4n) is 1.12. The molecule has 4 heteroatoms. The maximum Gasteiger partial charge on any atom is 0.0671 e. The first kappa shape index (κ1) is 7.12. The smallest absolute Gasteiger partial charge is 0.0671 e. The average molecular weight is 163 g/mol. The molecule has 2 N–H and O–H groups in total. The van der Waals surface area contributed by atoms with Gasteiger partial charge in [-0.25, -0.2) is 0 Å². The summed E-state index contributed by atoms with van der Waals surface area (Å²) in [5, 5.41) is 7.88. The molecule has 0 aliphatic carbocycles. The van der Waals surface area contributed by atoms with Gasteiger partial charge in [0.1, 0.15) is 0 Å². The summed E-state index contributed by atoms with van der Waals surface area (Å²) in [4.78, 5) is 4.77. The fraction of sp³-hybridized carbons (Fsp3) is 0.125. The number of hydrogen-bond donors (Lipinski definition) is 2. The van der Waals surface area contributed by atoms with Crippen LogP contribution in [-0.4, -0.2) is 17.3 Å². The second-order valence-electron chi connectivity index (χ2n) is 2.48. The molecule has 0 aliphatic rings. The zero-order valence-corrected chi connectivity index (χ0v) is 6.66. The second-order valence-corrected chi connectivity index (χ2v) is 2.48. The maximum absolute atomic E-state index is 4.77. The molecule has 0 bridgehead atoms. The summed E-state index contributed by atoms with van der Waals surface area (Å²) in [6.07, 6.45) is 1.78. The third-order valence-corrected chi connectivity index (χ3v) is 1.66. The van der Waals surface area contributed by atoms with Crippen molar-refractivity contribution < 1.29 is 4.84 Å². The van der Waals surface area contributed by atoms with Gasteiger partial charge in [0.15, 0.2) is 0 Å². The van der Waals surface area contributed by atoms with Crippen molar-refractivity contribution in [2.24, 2.45) is 0 Å². The summed E-state index contributed by atoms with van der Waals surface area (Å²) in [6, 6.07) is 5.84. The molecule has 0 radical (unpaired) electrons. The van der Waals surface area contributed by atoms with Gasteiger partial charge in [-0.15, -0.1) is 0 Å². The molecule has 62 valence electrons. The maximum atomic E-state index is 4.77. The molecule has 1 aromatic heterocycles. The summed E-state index contributed by atoms with van der Waals surface area (Å²) in [6.45, 7) is 0. The van der Waals surface area contributed by atoms with Gasteiger partial charge in [-0.2, -0.15) is 5.10 Å². The third kappa shape index (κ3) is 1.12.